The molecular weight excluding hydrogens is 272 g/mol. The Kier molecular flexibility index (Phi) is 6.35. The lowest BCUT2D eigenvalue weighted by molar-refractivity contribution is 0.127. The molecule has 1 saturated heterocycles. The molecule has 0 saturated carbocycles. The Bertz CT molecular complexity index is 385. The second kappa shape index (κ2) is 8.03. The number of aliphatic hydroxyl groups excluding tert-OH is 1. The van der Waals surface area contributed by atoms with Crippen LogP contribution in [0.15, 0.2) is 36.4 Å². The van der Waals surface area contributed by atoms with Crippen molar-refractivity contribution in [3.8, 4) is 0 Å². The quantitative estimate of drug-likeness (QED) is 0.875. The summed E-state index contributed by atoms with van der Waals surface area (Å²) in [4.78, 5) is 0. The van der Waals surface area contributed by atoms with Crippen molar-refractivity contribution in [1.82, 2.24) is 0 Å². The minimum absolute atomic E-state index is 0.233. The van der Waals surface area contributed by atoms with Gasteiger partial charge in [0.2, 0.25) is 0 Å². The minimum atomic E-state index is -0.233. The fourth-order valence-electron chi connectivity index (χ4n) is 2.11. The molecule has 1 fully saturated rings. The van der Waals surface area contributed by atoms with Crippen molar-refractivity contribution >= 4 is 29.6 Å². The van der Waals surface area contributed by atoms with E-state index in [1.807, 2.05) is 41.7 Å². The largest absolute Gasteiger partial charge is 0.392 e. The molecular formula is C16H22OS2. The van der Waals surface area contributed by atoms with Crippen molar-refractivity contribution in [3.63, 3.8) is 0 Å². The molecule has 1 aromatic rings. The fourth-order valence-corrected chi connectivity index (χ4v) is 5.31. The maximum Gasteiger partial charge on any atom is 0.0618 e. The Labute approximate surface area is 124 Å². The van der Waals surface area contributed by atoms with Gasteiger partial charge in [0.25, 0.3) is 0 Å². The summed E-state index contributed by atoms with van der Waals surface area (Å²) in [5.74, 6) is 2.85. The van der Waals surface area contributed by atoms with Gasteiger partial charge in [-0.1, -0.05) is 49.4 Å². The van der Waals surface area contributed by atoms with Crippen LogP contribution in [0.25, 0.3) is 6.08 Å². The third kappa shape index (κ3) is 4.90. The second-order valence-electron chi connectivity index (χ2n) is 4.94. The lowest BCUT2D eigenvalue weighted by Crippen LogP contribution is -2.27. The summed E-state index contributed by atoms with van der Waals surface area (Å²) in [5.41, 5.74) is 1.20. The van der Waals surface area contributed by atoms with Gasteiger partial charge in [-0.25, -0.2) is 0 Å². The van der Waals surface area contributed by atoms with Crippen molar-refractivity contribution < 1.29 is 5.11 Å². The lowest BCUT2D eigenvalue weighted by Gasteiger charge is -2.29. The molecule has 19 heavy (non-hydrogen) atoms. The van der Waals surface area contributed by atoms with Crippen LogP contribution in [0.2, 0.25) is 0 Å². The van der Waals surface area contributed by atoms with Crippen molar-refractivity contribution in [3.05, 3.63) is 42.0 Å². The molecule has 1 N–H and O–H groups in total. The van der Waals surface area contributed by atoms with E-state index < -0.39 is 0 Å². The first-order valence-corrected chi connectivity index (χ1v) is 9.00. The summed E-state index contributed by atoms with van der Waals surface area (Å²) in [5, 5.41) is 10.3. The molecule has 0 radical (unpaired) electrons. The zero-order valence-corrected chi connectivity index (χ0v) is 13.0. The summed E-state index contributed by atoms with van der Waals surface area (Å²) in [6.45, 7) is 2.18. The van der Waals surface area contributed by atoms with Gasteiger partial charge in [0.1, 0.15) is 0 Å². The number of aliphatic hydroxyl groups is 1. The third-order valence-corrected chi connectivity index (χ3v) is 6.76. The normalized spacial score (nSPS) is 20.5. The summed E-state index contributed by atoms with van der Waals surface area (Å²) >= 11 is 4.02. The fraction of sp³-hybridized carbons (Fsp3) is 0.500. The second-order valence-corrected chi connectivity index (χ2v) is 7.74. The van der Waals surface area contributed by atoms with E-state index in [9.17, 15) is 5.11 Å². The van der Waals surface area contributed by atoms with Gasteiger partial charge in [-0.15, -0.1) is 23.5 Å². The van der Waals surface area contributed by atoms with E-state index in [2.05, 4.69) is 31.2 Å². The van der Waals surface area contributed by atoms with E-state index in [4.69, 9.17) is 0 Å². The summed E-state index contributed by atoms with van der Waals surface area (Å²) in [7, 11) is 0. The van der Waals surface area contributed by atoms with Crippen LogP contribution in [0.3, 0.4) is 0 Å². The number of hydrogen-bond donors (Lipinski definition) is 1. The molecule has 2 atom stereocenters. The Morgan fingerprint density at radius 3 is 2.63 bits per heavy atom. The number of benzene rings is 1. The Morgan fingerprint density at radius 2 is 1.95 bits per heavy atom. The smallest absolute Gasteiger partial charge is 0.0618 e. The molecule has 1 aliphatic heterocycles. The maximum absolute atomic E-state index is 10.3. The topological polar surface area (TPSA) is 20.2 Å². The molecule has 2 rings (SSSR count). The zero-order valence-electron chi connectivity index (χ0n) is 11.4. The molecule has 3 heteroatoms. The van der Waals surface area contributed by atoms with Crippen LogP contribution in [0.4, 0.5) is 0 Å². The highest BCUT2D eigenvalue weighted by Crippen LogP contribution is 2.37. The molecule has 1 nitrogen and oxygen atoms in total. The highest BCUT2D eigenvalue weighted by atomic mass is 32.2. The van der Waals surface area contributed by atoms with Crippen LogP contribution >= 0.6 is 23.5 Å². The van der Waals surface area contributed by atoms with Crippen molar-refractivity contribution in [1.29, 1.82) is 0 Å². The van der Waals surface area contributed by atoms with Gasteiger partial charge in [0, 0.05) is 5.92 Å². The molecule has 1 aromatic carbocycles. The van der Waals surface area contributed by atoms with Crippen molar-refractivity contribution in [2.75, 3.05) is 11.5 Å². The van der Waals surface area contributed by atoms with E-state index >= 15 is 0 Å². The van der Waals surface area contributed by atoms with Gasteiger partial charge < -0.3 is 5.11 Å². The Morgan fingerprint density at radius 1 is 1.26 bits per heavy atom. The van der Waals surface area contributed by atoms with Crippen LogP contribution in [0.5, 0.6) is 0 Å². The number of hydrogen-bond acceptors (Lipinski definition) is 3. The third-order valence-electron chi connectivity index (χ3n) is 3.38. The zero-order chi connectivity index (χ0) is 13.5. The highest BCUT2D eigenvalue weighted by Gasteiger charge is 2.26. The van der Waals surface area contributed by atoms with Gasteiger partial charge in [-0.05, 0) is 29.9 Å². The van der Waals surface area contributed by atoms with Crippen LogP contribution < -0.4 is 0 Å². The Balaban J connectivity index is 1.80. The Hall–Kier alpha value is -0.380. The van der Waals surface area contributed by atoms with Gasteiger partial charge >= 0.3 is 0 Å². The average Bonchev–Trinajstić information content (AvgIpc) is 2.48. The van der Waals surface area contributed by atoms with Crippen LogP contribution in [-0.2, 0) is 0 Å². The number of thioether (sulfide) groups is 2. The predicted octanol–water partition coefficient (Wildman–Crippen LogP) is 4.28. The monoisotopic (exact) mass is 294 g/mol. The first kappa shape index (κ1) is 15.0. The lowest BCUT2D eigenvalue weighted by atomic mass is 10.0. The van der Waals surface area contributed by atoms with Crippen LogP contribution in [0.1, 0.15) is 25.3 Å². The van der Waals surface area contributed by atoms with Gasteiger partial charge in [-0.3, -0.25) is 0 Å². The molecule has 104 valence electrons. The van der Waals surface area contributed by atoms with Gasteiger partial charge in [0.05, 0.1) is 10.7 Å². The van der Waals surface area contributed by atoms with E-state index in [1.54, 1.807) is 0 Å². The van der Waals surface area contributed by atoms with Crippen LogP contribution in [-0.4, -0.2) is 27.3 Å². The van der Waals surface area contributed by atoms with Crippen molar-refractivity contribution in [2.24, 2.45) is 5.92 Å². The molecule has 1 aliphatic rings. The van der Waals surface area contributed by atoms with Crippen LogP contribution in [0, 0.1) is 5.92 Å². The maximum atomic E-state index is 10.3. The van der Waals surface area contributed by atoms with E-state index in [0.29, 0.717) is 10.5 Å². The standard InChI is InChI=1S/C16H22OS2/c1-13(16-18-11-6-12-19-16)15(17)10-5-9-14-7-3-2-4-8-14/h2-5,7-9,13,15-17H,6,10-12H2,1H3/b9-5+/t13-,15+/m1/s1. The molecule has 0 bridgehead atoms. The average molecular weight is 294 g/mol. The minimum Gasteiger partial charge on any atom is -0.392 e. The van der Waals surface area contributed by atoms with E-state index in [1.165, 1.54) is 23.5 Å². The molecule has 0 unspecified atom stereocenters. The molecule has 0 spiro atoms. The predicted molar refractivity (Wildman–Crippen MR) is 88.6 cm³/mol. The van der Waals surface area contributed by atoms with E-state index in [-0.39, 0.29) is 6.10 Å². The first-order chi connectivity index (χ1) is 9.27. The summed E-state index contributed by atoms with van der Waals surface area (Å²) in [6, 6.07) is 10.3. The SMILES string of the molecule is C[C@@H](C1SCCCS1)[C@@H](O)C/C=C/c1ccccc1. The molecule has 0 aliphatic carbocycles. The number of rotatable bonds is 5. The van der Waals surface area contributed by atoms with E-state index in [0.717, 1.165) is 6.42 Å². The first-order valence-electron chi connectivity index (χ1n) is 6.90. The van der Waals surface area contributed by atoms with Gasteiger partial charge in [0.15, 0.2) is 0 Å². The molecule has 0 amide bonds. The van der Waals surface area contributed by atoms with Crippen molar-refractivity contribution in [2.45, 2.75) is 30.5 Å². The van der Waals surface area contributed by atoms with Gasteiger partial charge in [-0.2, -0.15) is 0 Å². The summed E-state index contributed by atoms with van der Waals surface area (Å²) in [6.07, 6.45) is 6.00. The molecule has 1 heterocycles. The summed E-state index contributed by atoms with van der Waals surface area (Å²) < 4.78 is 0.564. The highest BCUT2D eigenvalue weighted by molar-refractivity contribution is 8.17. The molecule has 0 aromatic heterocycles.